The van der Waals surface area contributed by atoms with Gasteiger partial charge < -0.3 is 4.74 Å². The number of benzene rings is 2. The number of nitrogens with zero attached hydrogens (tertiary/aromatic N) is 1. The normalized spacial score (nSPS) is 19.8. The van der Waals surface area contributed by atoms with Crippen LogP contribution < -0.4 is 4.74 Å². The van der Waals surface area contributed by atoms with Gasteiger partial charge in [-0.2, -0.15) is 0 Å². The predicted molar refractivity (Wildman–Crippen MR) is 97.4 cm³/mol. The van der Waals surface area contributed by atoms with Crippen molar-refractivity contribution in [1.29, 1.82) is 0 Å². The molecule has 0 aliphatic carbocycles. The van der Waals surface area contributed by atoms with E-state index in [-0.39, 0.29) is 11.4 Å². The molecule has 2 heterocycles. The van der Waals surface area contributed by atoms with E-state index in [4.69, 9.17) is 4.74 Å². The van der Waals surface area contributed by atoms with Crippen LogP contribution in [0.15, 0.2) is 53.0 Å². The number of hydrogen-bond donors (Lipinski definition) is 0. The van der Waals surface area contributed by atoms with Crippen molar-refractivity contribution in [3.05, 3.63) is 64.1 Å². The van der Waals surface area contributed by atoms with Crippen molar-refractivity contribution < 1.29 is 9.53 Å². The lowest BCUT2D eigenvalue weighted by molar-refractivity contribution is -0.0107. The molecule has 0 aromatic heterocycles. The van der Waals surface area contributed by atoms with Crippen LogP contribution in [0.2, 0.25) is 0 Å². The molecule has 4 heteroatoms. The number of hydrogen-bond acceptors (Lipinski definition) is 3. The lowest BCUT2D eigenvalue weighted by Crippen LogP contribution is -2.50. The highest BCUT2D eigenvalue weighted by molar-refractivity contribution is 9.10. The van der Waals surface area contributed by atoms with E-state index < -0.39 is 0 Å². The van der Waals surface area contributed by atoms with E-state index in [0.29, 0.717) is 12.0 Å². The molecule has 2 aliphatic rings. The third-order valence-corrected chi connectivity index (χ3v) is 5.56. The van der Waals surface area contributed by atoms with Crippen LogP contribution in [0.4, 0.5) is 0 Å². The van der Waals surface area contributed by atoms with Crippen molar-refractivity contribution in [1.82, 2.24) is 4.90 Å². The Labute approximate surface area is 150 Å². The standard InChI is InChI=1S/C20H20BrNO2/c21-16-6-7-19-17(12-16)18(23)13-20(24-19)8-10-22(11-9-20)14-15-4-2-1-3-5-15/h1-7,12H,8-11,13-14H2. The van der Waals surface area contributed by atoms with Gasteiger partial charge in [0.2, 0.25) is 0 Å². The Balaban J connectivity index is 1.45. The van der Waals surface area contributed by atoms with Crippen molar-refractivity contribution >= 4 is 21.7 Å². The highest BCUT2D eigenvalue weighted by Gasteiger charge is 2.42. The molecule has 1 fully saturated rings. The van der Waals surface area contributed by atoms with Gasteiger partial charge in [-0.05, 0) is 23.8 Å². The first-order chi connectivity index (χ1) is 11.6. The molecule has 2 aromatic carbocycles. The zero-order valence-electron chi connectivity index (χ0n) is 13.5. The molecule has 0 unspecified atom stereocenters. The number of likely N-dealkylation sites (tertiary alicyclic amines) is 1. The maximum Gasteiger partial charge on any atom is 0.170 e. The maximum atomic E-state index is 12.6. The molecular weight excluding hydrogens is 366 g/mol. The first kappa shape index (κ1) is 15.9. The molecule has 2 aromatic rings. The van der Waals surface area contributed by atoms with Gasteiger partial charge in [-0.1, -0.05) is 46.3 Å². The number of piperidine rings is 1. The summed E-state index contributed by atoms with van der Waals surface area (Å²) < 4.78 is 7.24. The van der Waals surface area contributed by atoms with Crippen LogP contribution in [-0.4, -0.2) is 29.4 Å². The van der Waals surface area contributed by atoms with Gasteiger partial charge in [0, 0.05) is 36.9 Å². The fourth-order valence-electron chi connectivity index (χ4n) is 3.71. The summed E-state index contributed by atoms with van der Waals surface area (Å²) in [4.78, 5) is 15.0. The van der Waals surface area contributed by atoms with Crippen LogP contribution in [-0.2, 0) is 6.54 Å². The number of carbonyl (C=O) groups is 1. The van der Waals surface area contributed by atoms with Crippen LogP contribution >= 0.6 is 15.9 Å². The molecule has 3 nitrogen and oxygen atoms in total. The number of halogens is 1. The van der Waals surface area contributed by atoms with Crippen molar-refractivity contribution in [3.63, 3.8) is 0 Å². The summed E-state index contributed by atoms with van der Waals surface area (Å²) in [7, 11) is 0. The number of ketones is 1. The van der Waals surface area contributed by atoms with Crippen molar-refractivity contribution in [2.24, 2.45) is 0 Å². The summed E-state index contributed by atoms with van der Waals surface area (Å²) in [5.41, 5.74) is 1.73. The Morgan fingerprint density at radius 3 is 2.58 bits per heavy atom. The molecule has 4 rings (SSSR count). The number of Topliss-reactive ketones (excluding diaryl/α,β-unsaturated/α-hetero) is 1. The average molecular weight is 386 g/mol. The van der Waals surface area contributed by atoms with E-state index in [1.807, 2.05) is 24.3 Å². The summed E-state index contributed by atoms with van der Waals surface area (Å²) >= 11 is 3.43. The fourth-order valence-corrected chi connectivity index (χ4v) is 4.07. The topological polar surface area (TPSA) is 29.5 Å². The molecule has 0 atom stereocenters. The van der Waals surface area contributed by atoms with Crippen LogP contribution in [0.5, 0.6) is 5.75 Å². The van der Waals surface area contributed by atoms with Gasteiger partial charge in [0.25, 0.3) is 0 Å². The Morgan fingerprint density at radius 1 is 1.08 bits per heavy atom. The second-order valence-electron chi connectivity index (χ2n) is 6.79. The number of rotatable bonds is 2. The Kier molecular flexibility index (Phi) is 4.19. The zero-order chi connectivity index (χ0) is 16.6. The van der Waals surface area contributed by atoms with E-state index in [1.165, 1.54) is 5.56 Å². The molecule has 2 aliphatic heterocycles. The van der Waals surface area contributed by atoms with E-state index in [0.717, 1.165) is 42.7 Å². The monoisotopic (exact) mass is 385 g/mol. The van der Waals surface area contributed by atoms with Gasteiger partial charge in [0.1, 0.15) is 11.4 Å². The first-order valence-electron chi connectivity index (χ1n) is 8.42. The van der Waals surface area contributed by atoms with Crippen LogP contribution in [0, 0.1) is 0 Å². The fraction of sp³-hybridized carbons (Fsp3) is 0.350. The van der Waals surface area contributed by atoms with E-state index in [9.17, 15) is 4.79 Å². The predicted octanol–water partition coefficient (Wildman–Crippen LogP) is 4.45. The Bertz CT molecular complexity index is 751. The van der Waals surface area contributed by atoms with E-state index >= 15 is 0 Å². The van der Waals surface area contributed by atoms with Gasteiger partial charge in [-0.25, -0.2) is 0 Å². The first-order valence-corrected chi connectivity index (χ1v) is 9.21. The smallest absolute Gasteiger partial charge is 0.170 e. The van der Waals surface area contributed by atoms with Gasteiger partial charge in [0.15, 0.2) is 5.78 Å². The summed E-state index contributed by atoms with van der Waals surface area (Å²) in [6.07, 6.45) is 2.30. The SMILES string of the molecule is O=C1CC2(CCN(Cc3ccccc3)CC2)Oc2ccc(Br)cc21. The highest BCUT2D eigenvalue weighted by Crippen LogP contribution is 2.40. The minimum Gasteiger partial charge on any atom is -0.486 e. The lowest BCUT2D eigenvalue weighted by atomic mass is 9.82. The second kappa shape index (κ2) is 6.34. The second-order valence-corrected chi connectivity index (χ2v) is 7.70. The molecule has 0 saturated carbocycles. The molecular formula is C20H20BrNO2. The van der Waals surface area contributed by atoms with Crippen molar-refractivity contribution in [2.75, 3.05) is 13.1 Å². The Morgan fingerprint density at radius 2 is 1.83 bits per heavy atom. The van der Waals surface area contributed by atoms with E-state index in [1.54, 1.807) is 0 Å². The molecule has 1 spiro atoms. The van der Waals surface area contributed by atoms with Crippen molar-refractivity contribution in [2.45, 2.75) is 31.4 Å². The third kappa shape index (κ3) is 3.13. The summed E-state index contributed by atoms with van der Waals surface area (Å²) in [6, 6.07) is 16.3. The van der Waals surface area contributed by atoms with E-state index in [2.05, 4.69) is 45.1 Å². The number of fused-ring (bicyclic) bond motifs is 1. The molecule has 0 N–H and O–H groups in total. The van der Waals surface area contributed by atoms with Crippen molar-refractivity contribution in [3.8, 4) is 5.75 Å². The quantitative estimate of drug-likeness (QED) is 0.764. The lowest BCUT2D eigenvalue weighted by Gasteiger charge is -2.44. The average Bonchev–Trinajstić information content (AvgIpc) is 2.59. The minimum atomic E-state index is -0.314. The summed E-state index contributed by atoms with van der Waals surface area (Å²) in [5, 5.41) is 0. The summed E-state index contributed by atoms with van der Waals surface area (Å²) in [5.74, 6) is 0.944. The van der Waals surface area contributed by atoms with Crippen LogP contribution in [0.1, 0.15) is 35.2 Å². The van der Waals surface area contributed by atoms with Gasteiger partial charge >= 0.3 is 0 Å². The number of carbonyl (C=O) groups excluding carboxylic acids is 1. The highest BCUT2D eigenvalue weighted by atomic mass is 79.9. The molecule has 1 saturated heterocycles. The van der Waals surface area contributed by atoms with Gasteiger partial charge in [-0.15, -0.1) is 0 Å². The molecule has 0 amide bonds. The van der Waals surface area contributed by atoms with Crippen LogP contribution in [0.25, 0.3) is 0 Å². The maximum absolute atomic E-state index is 12.6. The third-order valence-electron chi connectivity index (χ3n) is 5.07. The molecule has 0 radical (unpaired) electrons. The zero-order valence-corrected chi connectivity index (χ0v) is 15.1. The largest absolute Gasteiger partial charge is 0.486 e. The number of ether oxygens (including phenoxy) is 1. The molecule has 0 bridgehead atoms. The van der Waals surface area contributed by atoms with Gasteiger partial charge in [-0.3, -0.25) is 9.69 Å². The summed E-state index contributed by atoms with van der Waals surface area (Å²) in [6.45, 7) is 2.90. The Hall–Kier alpha value is -1.65. The van der Waals surface area contributed by atoms with Crippen LogP contribution in [0.3, 0.4) is 0 Å². The van der Waals surface area contributed by atoms with Gasteiger partial charge in [0.05, 0.1) is 12.0 Å². The molecule has 24 heavy (non-hydrogen) atoms. The minimum absolute atomic E-state index is 0.203. The molecule has 124 valence electrons.